The molecule has 0 spiro atoms. The van der Waals surface area contributed by atoms with Crippen molar-refractivity contribution < 1.29 is 18.0 Å². The number of Topliss-reactive ketones (excluding diaryl/α,β-unsaturated/α-hetero) is 1. The average Bonchev–Trinajstić information content (AvgIpc) is 2.68. The molecule has 19 heavy (non-hydrogen) atoms. The van der Waals surface area contributed by atoms with E-state index in [1.807, 2.05) is 0 Å². The fourth-order valence-corrected chi connectivity index (χ4v) is 3.14. The van der Waals surface area contributed by atoms with Gasteiger partial charge in [-0.15, -0.1) is 11.3 Å². The summed E-state index contributed by atoms with van der Waals surface area (Å²) in [5.74, 6) is -0.568. The summed E-state index contributed by atoms with van der Waals surface area (Å²) < 4.78 is 38.9. The second kappa shape index (κ2) is 4.77. The van der Waals surface area contributed by atoms with Crippen molar-refractivity contribution in [2.45, 2.75) is 20.0 Å². The Morgan fingerprint density at radius 3 is 2.26 bits per heavy atom. The van der Waals surface area contributed by atoms with Crippen LogP contribution in [0.1, 0.15) is 27.7 Å². The second-order valence-corrected chi connectivity index (χ2v) is 5.07. The van der Waals surface area contributed by atoms with E-state index in [2.05, 4.69) is 4.98 Å². The maximum atomic E-state index is 13.0. The van der Waals surface area contributed by atoms with Gasteiger partial charge in [0.2, 0.25) is 0 Å². The first-order chi connectivity index (χ1) is 8.82. The number of hydrogen-bond acceptors (Lipinski definition) is 3. The van der Waals surface area contributed by atoms with E-state index >= 15 is 0 Å². The van der Waals surface area contributed by atoms with Crippen LogP contribution in [0.4, 0.5) is 13.2 Å². The summed E-state index contributed by atoms with van der Waals surface area (Å²) in [6, 6.07) is 3.26. The number of carbonyl (C=O) groups is 1. The lowest BCUT2D eigenvalue weighted by Gasteiger charge is -2.05. The van der Waals surface area contributed by atoms with Gasteiger partial charge in [0.15, 0.2) is 5.78 Å². The fourth-order valence-electron chi connectivity index (χ4n) is 1.92. The summed E-state index contributed by atoms with van der Waals surface area (Å²) in [6.45, 7) is 2.69. The zero-order chi connectivity index (χ0) is 14.2. The number of pyridine rings is 1. The van der Waals surface area contributed by atoms with Gasteiger partial charge in [-0.2, -0.15) is 13.2 Å². The molecule has 0 aliphatic rings. The molecule has 2 rings (SSSR count). The molecule has 0 N–H and O–H groups in total. The van der Waals surface area contributed by atoms with Crippen LogP contribution in [-0.4, -0.2) is 10.8 Å². The summed E-state index contributed by atoms with van der Waals surface area (Å²) in [6.07, 6.45) is -1.49. The number of halogens is 3. The lowest BCUT2D eigenvalue weighted by atomic mass is 10.0. The molecule has 0 amide bonds. The Morgan fingerprint density at radius 2 is 1.84 bits per heavy atom. The summed E-state index contributed by atoms with van der Waals surface area (Å²) >= 11 is 0.601. The molecule has 2 nitrogen and oxygen atoms in total. The monoisotopic (exact) mass is 285 g/mol. The number of aromatic nitrogens is 1. The highest BCUT2D eigenvalue weighted by molar-refractivity contribution is 7.16. The van der Waals surface area contributed by atoms with Crippen LogP contribution in [0.5, 0.6) is 0 Å². The van der Waals surface area contributed by atoms with Crippen LogP contribution >= 0.6 is 11.3 Å². The van der Waals surface area contributed by atoms with Gasteiger partial charge in [-0.1, -0.05) is 0 Å². The van der Waals surface area contributed by atoms with E-state index < -0.39 is 16.8 Å². The topological polar surface area (TPSA) is 30.0 Å². The average molecular weight is 285 g/mol. The normalized spacial score (nSPS) is 11.6. The van der Waals surface area contributed by atoms with Crippen molar-refractivity contribution in [3.05, 3.63) is 40.5 Å². The van der Waals surface area contributed by atoms with Gasteiger partial charge in [-0.3, -0.25) is 9.78 Å². The maximum Gasteiger partial charge on any atom is 0.426 e. The van der Waals surface area contributed by atoms with Crippen molar-refractivity contribution in [3.63, 3.8) is 0 Å². The van der Waals surface area contributed by atoms with Gasteiger partial charge >= 0.3 is 6.18 Å². The van der Waals surface area contributed by atoms with Crippen molar-refractivity contribution in [2.75, 3.05) is 0 Å². The largest absolute Gasteiger partial charge is 0.426 e. The molecule has 2 heterocycles. The second-order valence-electron chi connectivity index (χ2n) is 4.05. The first-order valence-corrected chi connectivity index (χ1v) is 6.26. The molecule has 0 bridgehead atoms. The summed E-state index contributed by atoms with van der Waals surface area (Å²) in [7, 11) is 0. The highest BCUT2D eigenvalue weighted by Gasteiger charge is 2.38. The smallest absolute Gasteiger partial charge is 0.294 e. The number of thiophene rings is 1. The van der Waals surface area contributed by atoms with Gasteiger partial charge in [-0.05, 0) is 37.1 Å². The van der Waals surface area contributed by atoms with Gasteiger partial charge in [0.25, 0.3) is 0 Å². The SMILES string of the molecule is CC(=O)c1c(C(F)(F)F)sc(-c2ccncc2)c1C. The summed E-state index contributed by atoms with van der Waals surface area (Å²) in [5.41, 5.74) is 0.774. The summed E-state index contributed by atoms with van der Waals surface area (Å²) in [5, 5.41) is 0. The quantitative estimate of drug-likeness (QED) is 0.768. The zero-order valence-electron chi connectivity index (χ0n) is 10.2. The predicted octanol–water partition coefficient (Wildman–Crippen LogP) is 4.34. The van der Waals surface area contributed by atoms with Crippen LogP contribution in [0, 0.1) is 6.92 Å². The molecule has 0 aliphatic carbocycles. The number of ketones is 1. The fraction of sp³-hybridized carbons (Fsp3) is 0.231. The first-order valence-electron chi connectivity index (χ1n) is 5.44. The Labute approximate surface area is 111 Å². The first kappa shape index (κ1) is 13.7. The van der Waals surface area contributed by atoms with Gasteiger partial charge in [0, 0.05) is 22.8 Å². The molecule has 6 heteroatoms. The van der Waals surface area contributed by atoms with Crippen molar-refractivity contribution in [1.82, 2.24) is 4.98 Å². The Balaban J connectivity index is 2.70. The van der Waals surface area contributed by atoms with Crippen LogP contribution in [0.25, 0.3) is 10.4 Å². The molecule has 0 aromatic carbocycles. The highest BCUT2D eigenvalue weighted by Crippen LogP contribution is 2.44. The molecule has 0 atom stereocenters. The molecule has 0 saturated heterocycles. The van der Waals surface area contributed by atoms with Crippen LogP contribution < -0.4 is 0 Å². The number of alkyl halides is 3. The summed E-state index contributed by atoms with van der Waals surface area (Å²) in [4.78, 5) is 14.9. The Morgan fingerprint density at radius 1 is 1.26 bits per heavy atom. The molecule has 0 radical (unpaired) electrons. The van der Waals surface area contributed by atoms with Crippen molar-refractivity contribution in [3.8, 4) is 10.4 Å². The maximum absolute atomic E-state index is 13.0. The standard InChI is InChI=1S/C13H10F3NOS/c1-7-10(8(2)18)12(13(14,15)16)19-11(7)9-3-5-17-6-4-9/h3-6H,1-2H3. The van der Waals surface area contributed by atoms with E-state index in [1.54, 1.807) is 12.1 Å². The molecular weight excluding hydrogens is 275 g/mol. The number of hydrogen-bond donors (Lipinski definition) is 0. The van der Waals surface area contributed by atoms with Crippen molar-refractivity contribution in [2.24, 2.45) is 0 Å². The minimum atomic E-state index is -4.51. The molecule has 2 aromatic rings. The Bertz CT molecular complexity index is 617. The van der Waals surface area contributed by atoms with E-state index in [0.29, 0.717) is 27.3 Å². The third-order valence-corrected chi connectivity index (χ3v) is 4.08. The highest BCUT2D eigenvalue weighted by atomic mass is 32.1. The van der Waals surface area contributed by atoms with Crippen LogP contribution in [0.2, 0.25) is 0 Å². The molecular formula is C13H10F3NOS. The molecule has 0 fully saturated rings. The minimum Gasteiger partial charge on any atom is -0.294 e. The van der Waals surface area contributed by atoms with Crippen molar-refractivity contribution in [1.29, 1.82) is 0 Å². The molecule has 0 aliphatic heterocycles. The predicted molar refractivity (Wildman–Crippen MR) is 67.3 cm³/mol. The van der Waals surface area contributed by atoms with E-state index in [1.165, 1.54) is 19.3 Å². The van der Waals surface area contributed by atoms with E-state index in [4.69, 9.17) is 0 Å². The number of nitrogens with zero attached hydrogens (tertiary/aromatic N) is 1. The van der Waals surface area contributed by atoms with Crippen LogP contribution in [-0.2, 0) is 6.18 Å². The molecule has 100 valence electrons. The van der Waals surface area contributed by atoms with E-state index in [-0.39, 0.29) is 5.56 Å². The van der Waals surface area contributed by atoms with Gasteiger partial charge in [-0.25, -0.2) is 0 Å². The molecule has 2 aromatic heterocycles. The van der Waals surface area contributed by atoms with Gasteiger partial charge < -0.3 is 0 Å². The van der Waals surface area contributed by atoms with Gasteiger partial charge in [0.1, 0.15) is 4.88 Å². The van der Waals surface area contributed by atoms with Gasteiger partial charge in [0.05, 0.1) is 0 Å². The lowest BCUT2D eigenvalue weighted by molar-refractivity contribution is -0.134. The minimum absolute atomic E-state index is 0.232. The van der Waals surface area contributed by atoms with E-state index in [9.17, 15) is 18.0 Å². The van der Waals surface area contributed by atoms with E-state index in [0.717, 1.165) is 6.92 Å². The molecule has 0 unspecified atom stereocenters. The molecule has 0 saturated carbocycles. The number of carbonyl (C=O) groups excluding carboxylic acids is 1. The van der Waals surface area contributed by atoms with Crippen LogP contribution in [0.3, 0.4) is 0 Å². The van der Waals surface area contributed by atoms with Crippen molar-refractivity contribution >= 4 is 17.1 Å². The number of rotatable bonds is 2. The third kappa shape index (κ3) is 2.53. The zero-order valence-corrected chi connectivity index (χ0v) is 11.0. The Kier molecular flexibility index (Phi) is 3.45. The Hall–Kier alpha value is -1.69. The third-order valence-electron chi connectivity index (χ3n) is 2.70. The van der Waals surface area contributed by atoms with Crippen LogP contribution in [0.15, 0.2) is 24.5 Å². The lowest BCUT2D eigenvalue weighted by Crippen LogP contribution is -2.08.